The molecule has 0 aliphatic heterocycles. The van der Waals surface area contributed by atoms with E-state index in [9.17, 15) is 5.11 Å². The molecule has 1 unspecified atom stereocenters. The lowest BCUT2D eigenvalue weighted by Crippen LogP contribution is -2.15. The highest BCUT2D eigenvalue weighted by atomic mass is 16.3. The van der Waals surface area contributed by atoms with Gasteiger partial charge in [0.15, 0.2) is 0 Å². The molecule has 0 amide bonds. The van der Waals surface area contributed by atoms with E-state index >= 15 is 0 Å². The highest BCUT2D eigenvalue weighted by Crippen LogP contribution is 2.45. The number of rotatable bonds is 3. The molecule has 19 heavy (non-hydrogen) atoms. The number of aliphatic hydroxyl groups excluding tert-OH is 1. The molecule has 100 valence electrons. The van der Waals surface area contributed by atoms with E-state index in [1.165, 1.54) is 31.2 Å². The monoisotopic (exact) mass is 256 g/mol. The van der Waals surface area contributed by atoms with Crippen LogP contribution in [0.5, 0.6) is 0 Å². The molecular weight excluding hydrogens is 236 g/mol. The zero-order chi connectivity index (χ0) is 12.8. The first kappa shape index (κ1) is 11.5. The number of nitrogens with zero attached hydrogens (tertiary/aromatic N) is 2. The average molecular weight is 256 g/mol. The van der Waals surface area contributed by atoms with E-state index in [-0.39, 0.29) is 6.10 Å². The van der Waals surface area contributed by atoms with Crippen molar-refractivity contribution < 1.29 is 5.11 Å². The van der Waals surface area contributed by atoms with Crippen molar-refractivity contribution in [3.05, 3.63) is 35.9 Å². The van der Waals surface area contributed by atoms with E-state index < -0.39 is 0 Å². The first-order valence-corrected chi connectivity index (χ1v) is 7.47. The Hall–Kier alpha value is -1.35. The van der Waals surface area contributed by atoms with Crippen LogP contribution in [0.15, 0.2) is 24.7 Å². The second kappa shape index (κ2) is 4.34. The van der Waals surface area contributed by atoms with Gasteiger partial charge < -0.3 is 9.51 Å². The fourth-order valence-electron chi connectivity index (χ4n) is 3.58. The fourth-order valence-corrected chi connectivity index (χ4v) is 3.58. The number of hydrogen-bond acceptors (Lipinski definition) is 2. The highest BCUT2D eigenvalue weighted by molar-refractivity contribution is 5.50. The van der Waals surface area contributed by atoms with Gasteiger partial charge in [-0.15, -0.1) is 0 Å². The number of hydrogen-bond donors (Lipinski definition) is 1. The first-order valence-electron chi connectivity index (χ1n) is 7.47. The number of imidazole rings is 1. The quantitative estimate of drug-likeness (QED) is 0.913. The predicted octanol–water partition coefficient (Wildman–Crippen LogP) is 3.44. The van der Waals surface area contributed by atoms with Gasteiger partial charge in [0.25, 0.3) is 0 Å². The molecule has 1 atom stereocenters. The van der Waals surface area contributed by atoms with E-state index in [4.69, 9.17) is 0 Å². The van der Waals surface area contributed by atoms with Crippen LogP contribution in [0, 0.1) is 5.92 Å². The Morgan fingerprint density at radius 1 is 1.16 bits per heavy atom. The van der Waals surface area contributed by atoms with Gasteiger partial charge in [-0.05, 0) is 49.1 Å². The van der Waals surface area contributed by atoms with Gasteiger partial charge in [0.05, 0.1) is 29.8 Å². The van der Waals surface area contributed by atoms with Crippen LogP contribution in [-0.4, -0.2) is 14.5 Å². The summed E-state index contributed by atoms with van der Waals surface area (Å²) in [5.41, 5.74) is 3.56. The normalized spacial score (nSPS) is 22.2. The summed E-state index contributed by atoms with van der Waals surface area (Å²) in [6.07, 6.45) is 10.8. The van der Waals surface area contributed by atoms with Crippen molar-refractivity contribution in [3.63, 3.8) is 0 Å². The van der Waals surface area contributed by atoms with Crippen molar-refractivity contribution in [2.45, 2.75) is 50.5 Å². The van der Waals surface area contributed by atoms with E-state index in [0.29, 0.717) is 11.8 Å². The molecule has 2 fully saturated rings. The van der Waals surface area contributed by atoms with Gasteiger partial charge in [-0.2, -0.15) is 0 Å². The molecule has 3 heteroatoms. The summed E-state index contributed by atoms with van der Waals surface area (Å²) in [5.74, 6) is 1.10. The third-order valence-corrected chi connectivity index (χ3v) is 4.80. The number of fused-ring (bicyclic) bond motifs is 1. The molecule has 2 aliphatic carbocycles. The van der Waals surface area contributed by atoms with E-state index in [1.54, 1.807) is 0 Å². The third kappa shape index (κ3) is 1.88. The summed E-state index contributed by atoms with van der Waals surface area (Å²) in [7, 11) is 0. The van der Waals surface area contributed by atoms with Crippen LogP contribution in [-0.2, 0) is 0 Å². The zero-order valence-electron chi connectivity index (χ0n) is 11.1. The van der Waals surface area contributed by atoms with Crippen LogP contribution in [0.3, 0.4) is 0 Å². The van der Waals surface area contributed by atoms with Crippen LogP contribution >= 0.6 is 0 Å². The van der Waals surface area contributed by atoms with Crippen LogP contribution in [0.1, 0.15) is 61.8 Å². The molecular formula is C16H20N2O. The molecule has 0 radical (unpaired) electrons. The molecule has 2 aliphatic rings. The minimum atomic E-state index is -0.323. The van der Waals surface area contributed by atoms with Gasteiger partial charge in [0.2, 0.25) is 0 Å². The molecule has 1 N–H and O–H groups in total. The second-order valence-corrected chi connectivity index (χ2v) is 6.13. The van der Waals surface area contributed by atoms with Crippen molar-refractivity contribution in [1.82, 2.24) is 9.38 Å². The average Bonchev–Trinajstić information content (AvgIpc) is 2.94. The Balaban J connectivity index is 1.84. The topological polar surface area (TPSA) is 37.5 Å². The smallest absolute Gasteiger partial charge is 0.0995 e. The summed E-state index contributed by atoms with van der Waals surface area (Å²) in [6, 6.07) is 4.34. The maximum absolute atomic E-state index is 10.8. The molecule has 0 saturated heterocycles. The van der Waals surface area contributed by atoms with Gasteiger partial charge in [-0.25, -0.2) is 4.98 Å². The van der Waals surface area contributed by atoms with E-state index in [1.807, 2.05) is 12.5 Å². The first-order chi connectivity index (χ1) is 9.34. The molecule has 2 aromatic rings. The van der Waals surface area contributed by atoms with Crippen molar-refractivity contribution in [2.24, 2.45) is 5.92 Å². The summed E-state index contributed by atoms with van der Waals surface area (Å²) in [5, 5.41) is 10.8. The van der Waals surface area contributed by atoms with Gasteiger partial charge in [0.1, 0.15) is 0 Å². The molecule has 0 bridgehead atoms. The van der Waals surface area contributed by atoms with Crippen molar-refractivity contribution >= 4 is 5.52 Å². The van der Waals surface area contributed by atoms with Crippen molar-refractivity contribution in [1.29, 1.82) is 0 Å². The van der Waals surface area contributed by atoms with Crippen LogP contribution in [0.4, 0.5) is 0 Å². The Labute approximate surface area is 113 Å². The fraction of sp³-hybridized carbons (Fsp3) is 0.562. The summed E-state index contributed by atoms with van der Waals surface area (Å²) in [6.45, 7) is 0. The molecule has 2 saturated carbocycles. The predicted molar refractivity (Wildman–Crippen MR) is 74.1 cm³/mol. The van der Waals surface area contributed by atoms with Crippen LogP contribution in [0.25, 0.3) is 5.52 Å². The van der Waals surface area contributed by atoms with Crippen LogP contribution in [0.2, 0.25) is 0 Å². The number of pyridine rings is 1. The standard InChI is InChI=1S/C16H20N2O/c19-16(12-3-1-2-4-12)15-14(11-5-6-11)8-7-13-9-17-10-18(13)15/h7-12,16,19H,1-6H2. The van der Waals surface area contributed by atoms with Crippen LogP contribution < -0.4 is 0 Å². The van der Waals surface area contributed by atoms with Gasteiger partial charge in [-0.1, -0.05) is 18.9 Å². The lowest BCUT2D eigenvalue weighted by atomic mass is 9.93. The summed E-state index contributed by atoms with van der Waals surface area (Å²) < 4.78 is 2.11. The van der Waals surface area contributed by atoms with E-state index in [0.717, 1.165) is 24.1 Å². The molecule has 2 heterocycles. The molecule has 0 aromatic carbocycles. The van der Waals surface area contributed by atoms with Crippen molar-refractivity contribution in [3.8, 4) is 0 Å². The Morgan fingerprint density at radius 3 is 2.68 bits per heavy atom. The minimum absolute atomic E-state index is 0.323. The highest BCUT2D eigenvalue weighted by Gasteiger charge is 2.33. The van der Waals surface area contributed by atoms with Gasteiger partial charge in [0, 0.05) is 0 Å². The lowest BCUT2D eigenvalue weighted by Gasteiger charge is -2.22. The molecule has 3 nitrogen and oxygen atoms in total. The third-order valence-electron chi connectivity index (χ3n) is 4.80. The lowest BCUT2D eigenvalue weighted by molar-refractivity contribution is 0.105. The van der Waals surface area contributed by atoms with Gasteiger partial charge in [-0.3, -0.25) is 0 Å². The van der Waals surface area contributed by atoms with Gasteiger partial charge >= 0.3 is 0 Å². The van der Waals surface area contributed by atoms with Crippen molar-refractivity contribution in [2.75, 3.05) is 0 Å². The summed E-state index contributed by atoms with van der Waals surface area (Å²) in [4.78, 5) is 4.24. The Morgan fingerprint density at radius 2 is 1.95 bits per heavy atom. The number of aromatic nitrogens is 2. The maximum atomic E-state index is 10.8. The molecule has 2 aromatic heterocycles. The molecule has 4 rings (SSSR count). The zero-order valence-corrected chi connectivity index (χ0v) is 11.1. The Kier molecular flexibility index (Phi) is 2.62. The second-order valence-electron chi connectivity index (χ2n) is 6.13. The minimum Gasteiger partial charge on any atom is -0.387 e. The molecule has 0 spiro atoms. The summed E-state index contributed by atoms with van der Waals surface area (Å²) >= 11 is 0. The maximum Gasteiger partial charge on any atom is 0.0995 e. The number of aliphatic hydroxyl groups is 1. The Bertz CT molecular complexity index is 594. The SMILES string of the molecule is OC(c1c(C2CC2)ccc2cncn12)C1CCCC1. The van der Waals surface area contributed by atoms with E-state index in [2.05, 4.69) is 21.5 Å². The largest absolute Gasteiger partial charge is 0.387 e.